The summed E-state index contributed by atoms with van der Waals surface area (Å²) in [5.74, 6) is -0.825. The van der Waals surface area contributed by atoms with E-state index in [1.54, 1.807) is 4.90 Å². The first-order chi connectivity index (χ1) is 8.66. The third-order valence-corrected chi connectivity index (χ3v) is 3.08. The third kappa shape index (κ3) is 3.00. The summed E-state index contributed by atoms with van der Waals surface area (Å²) < 4.78 is 0. The van der Waals surface area contributed by atoms with Crippen LogP contribution < -0.4 is 5.32 Å². The molecular formula is C13H16N2O3. The summed E-state index contributed by atoms with van der Waals surface area (Å²) in [6.07, 6.45) is 0.575. The van der Waals surface area contributed by atoms with Gasteiger partial charge in [0.15, 0.2) is 0 Å². The lowest BCUT2D eigenvalue weighted by atomic mass is 10.1. The average molecular weight is 248 g/mol. The minimum absolute atomic E-state index is 0.0335. The number of aliphatic carboxylic acids is 1. The van der Waals surface area contributed by atoms with E-state index in [1.807, 2.05) is 30.3 Å². The minimum atomic E-state index is -0.825. The van der Waals surface area contributed by atoms with Gasteiger partial charge in [-0.15, -0.1) is 0 Å². The molecule has 2 rings (SSSR count). The predicted molar refractivity (Wildman–Crippen MR) is 66.0 cm³/mol. The van der Waals surface area contributed by atoms with Gasteiger partial charge in [0.1, 0.15) is 0 Å². The number of rotatable bonds is 5. The van der Waals surface area contributed by atoms with Gasteiger partial charge in [-0.05, 0) is 12.0 Å². The molecule has 1 aliphatic heterocycles. The number of benzene rings is 1. The Kier molecular flexibility index (Phi) is 3.82. The van der Waals surface area contributed by atoms with E-state index in [4.69, 9.17) is 5.11 Å². The van der Waals surface area contributed by atoms with E-state index in [1.165, 1.54) is 0 Å². The number of carbonyl (C=O) groups excluding carboxylic acids is 1. The quantitative estimate of drug-likeness (QED) is 0.828. The first-order valence-corrected chi connectivity index (χ1v) is 5.97. The summed E-state index contributed by atoms with van der Waals surface area (Å²) in [5.41, 5.74) is 1.05. The Morgan fingerprint density at radius 3 is 2.78 bits per heavy atom. The van der Waals surface area contributed by atoms with Crippen LogP contribution in [0, 0.1) is 0 Å². The van der Waals surface area contributed by atoms with E-state index >= 15 is 0 Å². The maximum absolute atomic E-state index is 11.7. The van der Waals surface area contributed by atoms with Gasteiger partial charge < -0.3 is 15.3 Å². The second-order valence-corrected chi connectivity index (χ2v) is 4.39. The van der Waals surface area contributed by atoms with Crippen molar-refractivity contribution in [3.05, 3.63) is 35.9 Å². The van der Waals surface area contributed by atoms with E-state index in [-0.39, 0.29) is 18.5 Å². The van der Waals surface area contributed by atoms with Crippen LogP contribution in [-0.4, -0.2) is 34.6 Å². The lowest BCUT2D eigenvalue weighted by Crippen LogP contribution is -2.33. The molecule has 0 bridgehead atoms. The molecule has 2 amide bonds. The molecule has 1 atom stereocenters. The number of amides is 2. The van der Waals surface area contributed by atoms with Crippen molar-refractivity contribution in [1.82, 2.24) is 10.2 Å². The van der Waals surface area contributed by atoms with Gasteiger partial charge in [-0.25, -0.2) is 4.79 Å². The molecule has 1 heterocycles. The fourth-order valence-electron chi connectivity index (χ4n) is 2.11. The molecule has 18 heavy (non-hydrogen) atoms. The smallest absolute Gasteiger partial charge is 0.318 e. The van der Waals surface area contributed by atoms with Gasteiger partial charge in [0.05, 0.1) is 6.04 Å². The van der Waals surface area contributed by atoms with Crippen LogP contribution in [0.4, 0.5) is 4.79 Å². The fourth-order valence-corrected chi connectivity index (χ4v) is 2.11. The van der Waals surface area contributed by atoms with E-state index < -0.39 is 5.97 Å². The molecular weight excluding hydrogens is 232 g/mol. The second kappa shape index (κ2) is 5.53. The van der Waals surface area contributed by atoms with Crippen molar-refractivity contribution in [1.29, 1.82) is 0 Å². The first-order valence-electron chi connectivity index (χ1n) is 5.97. The van der Waals surface area contributed by atoms with Gasteiger partial charge in [-0.1, -0.05) is 30.3 Å². The van der Waals surface area contributed by atoms with E-state index in [2.05, 4.69) is 5.32 Å². The number of hydrogen-bond donors (Lipinski definition) is 2. The lowest BCUT2D eigenvalue weighted by molar-refractivity contribution is -0.137. The van der Waals surface area contributed by atoms with Crippen molar-refractivity contribution in [3.8, 4) is 0 Å². The van der Waals surface area contributed by atoms with Crippen molar-refractivity contribution in [2.45, 2.75) is 25.4 Å². The number of nitrogens with zero attached hydrogens (tertiary/aromatic N) is 1. The number of hydrogen-bond acceptors (Lipinski definition) is 2. The van der Waals surface area contributed by atoms with Crippen LogP contribution >= 0.6 is 0 Å². The van der Waals surface area contributed by atoms with Gasteiger partial charge >= 0.3 is 12.0 Å². The van der Waals surface area contributed by atoms with Crippen LogP contribution in [0.3, 0.4) is 0 Å². The summed E-state index contributed by atoms with van der Waals surface area (Å²) in [5, 5.41) is 11.4. The summed E-state index contributed by atoms with van der Waals surface area (Å²) in [4.78, 5) is 24.0. The molecule has 1 aromatic rings. The molecule has 1 unspecified atom stereocenters. The molecule has 0 aromatic heterocycles. The maximum Gasteiger partial charge on any atom is 0.318 e. The molecule has 1 saturated heterocycles. The van der Waals surface area contributed by atoms with Crippen molar-refractivity contribution >= 4 is 12.0 Å². The zero-order valence-corrected chi connectivity index (χ0v) is 10.0. The number of urea groups is 1. The Hall–Kier alpha value is -2.04. The molecule has 5 nitrogen and oxygen atoms in total. The Labute approximate surface area is 105 Å². The van der Waals surface area contributed by atoms with Crippen LogP contribution in [0.25, 0.3) is 0 Å². The zero-order chi connectivity index (χ0) is 13.0. The van der Waals surface area contributed by atoms with Crippen LogP contribution in [-0.2, 0) is 11.3 Å². The first kappa shape index (κ1) is 12.4. The van der Waals surface area contributed by atoms with Gasteiger partial charge in [0.2, 0.25) is 0 Å². The molecule has 0 saturated carbocycles. The average Bonchev–Trinajstić information content (AvgIpc) is 2.70. The minimum Gasteiger partial charge on any atom is -0.481 e. The van der Waals surface area contributed by atoms with Crippen LogP contribution in [0.2, 0.25) is 0 Å². The molecule has 1 aromatic carbocycles. The number of carboxylic acids is 1. The Morgan fingerprint density at radius 2 is 2.11 bits per heavy atom. The number of carboxylic acid groups (broad SMARTS) is 1. The van der Waals surface area contributed by atoms with Crippen molar-refractivity contribution in [3.63, 3.8) is 0 Å². The highest BCUT2D eigenvalue weighted by atomic mass is 16.4. The number of carbonyl (C=O) groups is 2. The van der Waals surface area contributed by atoms with E-state index in [0.29, 0.717) is 19.5 Å². The molecule has 2 N–H and O–H groups in total. The highest BCUT2D eigenvalue weighted by molar-refractivity contribution is 5.77. The highest BCUT2D eigenvalue weighted by Gasteiger charge is 2.30. The topological polar surface area (TPSA) is 69.6 Å². The predicted octanol–water partition coefficient (Wildman–Crippen LogP) is 1.45. The SMILES string of the molecule is O=C(O)CCC1CNC(=O)N1Cc1ccccc1. The van der Waals surface area contributed by atoms with E-state index in [0.717, 1.165) is 5.56 Å². The molecule has 0 radical (unpaired) electrons. The van der Waals surface area contributed by atoms with E-state index in [9.17, 15) is 9.59 Å². The third-order valence-electron chi connectivity index (χ3n) is 3.08. The molecule has 0 aliphatic carbocycles. The molecule has 1 fully saturated rings. The number of nitrogens with one attached hydrogen (secondary N) is 1. The summed E-state index contributed by atoms with van der Waals surface area (Å²) in [7, 11) is 0. The van der Waals surface area contributed by atoms with Gasteiger partial charge in [-0.2, -0.15) is 0 Å². The highest BCUT2D eigenvalue weighted by Crippen LogP contribution is 2.16. The maximum atomic E-state index is 11.7. The summed E-state index contributed by atoms with van der Waals surface area (Å²) in [6.45, 7) is 1.05. The van der Waals surface area contributed by atoms with Crippen LogP contribution in [0.15, 0.2) is 30.3 Å². The van der Waals surface area contributed by atoms with Gasteiger partial charge in [0.25, 0.3) is 0 Å². The summed E-state index contributed by atoms with van der Waals surface area (Å²) >= 11 is 0. The lowest BCUT2D eigenvalue weighted by Gasteiger charge is -2.22. The molecule has 0 spiro atoms. The zero-order valence-electron chi connectivity index (χ0n) is 10.0. The molecule has 1 aliphatic rings. The molecule has 96 valence electrons. The van der Waals surface area contributed by atoms with Crippen molar-refractivity contribution < 1.29 is 14.7 Å². The van der Waals surface area contributed by atoms with Crippen molar-refractivity contribution in [2.75, 3.05) is 6.54 Å². The second-order valence-electron chi connectivity index (χ2n) is 4.39. The Balaban J connectivity index is 1.99. The van der Waals surface area contributed by atoms with Gasteiger partial charge in [-0.3, -0.25) is 4.79 Å². The van der Waals surface area contributed by atoms with Gasteiger partial charge in [0, 0.05) is 19.5 Å². The molecule has 5 heteroatoms. The Bertz CT molecular complexity index is 433. The Morgan fingerprint density at radius 1 is 1.39 bits per heavy atom. The largest absolute Gasteiger partial charge is 0.481 e. The normalized spacial score (nSPS) is 18.8. The fraction of sp³-hybridized carbons (Fsp3) is 0.385. The standard InChI is InChI=1S/C13H16N2O3/c16-12(17)7-6-11-8-14-13(18)15(11)9-10-4-2-1-3-5-10/h1-5,11H,6-9H2,(H,14,18)(H,16,17). The van der Waals surface area contributed by atoms with Crippen molar-refractivity contribution in [2.24, 2.45) is 0 Å². The summed E-state index contributed by atoms with van der Waals surface area (Å²) in [6, 6.07) is 9.54. The van der Waals surface area contributed by atoms with Crippen LogP contribution in [0.1, 0.15) is 18.4 Å². The monoisotopic (exact) mass is 248 g/mol. The van der Waals surface area contributed by atoms with Crippen LogP contribution in [0.5, 0.6) is 0 Å².